The van der Waals surface area contributed by atoms with E-state index in [1.165, 1.54) is 6.20 Å². The summed E-state index contributed by atoms with van der Waals surface area (Å²) < 4.78 is 13.0. The summed E-state index contributed by atoms with van der Waals surface area (Å²) in [5.41, 5.74) is 11.5. The lowest BCUT2D eigenvalue weighted by Crippen LogP contribution is -2.14. The summed E-state index contributed by atoms with van der Waals surface area (Å²) in [4.78, 5) is 3.53. The van der Waals surface area contributed by atoms with Crippen LogP contribution < -0.4 is 11.5 Å². The molecule has 0 spiro atoms. The summed E-state index contributed by atoms with van der Waals surface area (Å²) in [7, 11) is 0. The molecular weight excluding hydrogens is 205 g/mol. The van der Waals surface area contributed by atoms with Gasteiger partial charge in [-0.15, -0.1) is 12.4 Å². The standard InChI is InChI=1S/C9H14FN3.ClH/c10-9-7(3-2-6-13-9)8(12)4-1-5-11;/h2-3,6,8H,1,4-5,11-12H2;1H/t8-;/m0./s1. The molecule has 0 aliphatic carbocycles. The molecule has 3 nitrogen and oxygen atoms in total. The minimum Gasteiger partial charge on any atom is -0.330 e. The minimum atomic E-state index is -0.480. The fourth-order valence-electron chi connectivity index (χ4n) is 1.17. The Hall–Kier alpha value is -0.710. The molecule has 0 saturated heterocycles. The van der Waals surface area contributed by atoms with E-state index in [4.69, 9.17) is 11.5 Å². The maximum Gasteiger partial charge on any atom is 0.217 e. The zero-order chi connectivity index (χ0) is 9.68. The van der Waals surface area contributed by atoms with Gasteiger partial charge in [0, 0.05) is 17.8 Å². The Balaban J connectivity index is 0.00000169. The molecule has 0 bridgehead atoms. The highest BCUT2D eigenvalue weighted by Crippen LogP contribution is 2.16. The van der Waals surface area contributed by atoms with Crippen molar-refractivity contribution in [2.45, 2.75) is 18.9 Å². The predicted molar refractivity (Wildman–Crippen MR) is 56.7 cm³/mol. The highest BCUT2D eigenvalue weighted by Gasteiger charge is 2.10. The van der Waals surface area contributed by atoms with Gasteiger partial charge in [0.15, 0.2) is 0 Å². The van der Waals surface area contributed by atoms with Gasteiger partial charge in [-0.25, -0.2) is 4.98 Å². The number of nitrogens with two attached hydrogens (primary N) is 2. The molecule has 80 valence electrons. The van der Waals surface area contributed by atoms with E-state index in [-0.39, 0.29) is 18.4 Å². The van der Waals surface area contributed by atoms with Gasteiger partial charge < -0.3 is 11.5 Å². The normalized spacial score (nSPS) is 11.9. The van der Waals surface area contributed by atoms with Crippen molar-refractivity contribution in [3.05, 3.63) is 29.8 Å². The Bertz CT molecular complexity index is 270. The van der Waals surface area contributed by atoms with Gasteiger partial charge in [-0.2, -0.15) is 4.39 Å². The third-order valence-corrected chi connectivity index (χ3v) is 1.91. The number of pyridine rings is 1. The lowest BCUT2D eigenvalue weighted by molar-refractivity contribution is 0.526. The molecule has 1 rings (SSSR count). The van der Waals surface area contributed by atoms with Crippen LogP contribution in [-0.4, -0.2) is 11.5 Å². The lowest BCUT2D eigenvalue weighted by Gasteiger charge is -2.10. The highest BCUT2D eigenvalue weighted by atomic mass is 35.5. The fourth-order valence-corrected chi connectivity index (χ4v) is 1.17. The number of aromatic nitrogens is 1. The molecule has 0 fully saturated rings. The molecule has 4 N–H and O–H groups in total. The highest BCUT2D eigenvalue weighted by molar-refractivity contribution is 5.85. The van der Waals surface area contributed by atoms with E-state index in [0.717, 1.165) is 6.42 Å². The molecule has 0 saturated carbocycles. The van der Waals surface area contributed by atoms with E-state index < -0.39 is 5.95 Å². The second kappa shape index (κ2) is 6.70. The second-order valence-corrected chi connectivity index (χ2v) is 2.92. The maximum absolute atomic E-state index is 13.0. The zero-order valence-corrected chi connectivity index (χ0v) is 8.64. The third-order valence-electron chi connectivity index (χ3n) is 1.91. The monoisotopic (exact) mass is 219 g/mol. The van der Waals surface area contributed by atoms with Crippen LogP contribution in [0.25, 0.3) is 0 Å². The third kappa shape index (κ3) is 3.57. The molecule has 14 heavy (non-hydrogen) atoms. The molecule has 0 radical (unpaired) electrons. The maximum atomic E-state index is 13.0. The van der Waals surface area contributed by atoms with Gasteiger partial charge in [-0.1, -0.05) is 6.07 Å². The van der Waals surface area contributed by atoms with Gasteiger partial charge >= 0.3 is 0 Å². The van der Waals surface area contributed by atoms with Crippen LogP contribution in [0.1, 0.15) is 24.4 Å². The van der Waals surface area contributed by atoms with E-state index in [9.17, 15) is 4.39 Å². The van der Waals surface area contributed by atoms with Crippen LogP contribution in [0.15, 0.2) is 18.3 Å². The van der Waals surface area contributed by atoms with Gasteiger partial charge in [0.1, 0.15) is 0 Å². The first-order valence-electron chi connectivity index (χ1n) is 4.31. The smallest absolute Gasteiger partial charge is 0.217 e. The summed E-state index contributed by atoms with van der Waals surface area (Å²) in [6, 6.07) is 3.04. The van der Waals surface area contributed by atoms with Crippen molar-refractivity contribution in [1.82, 2.24) is 4.98 Å². The molecule has 1 atom stereocenters. The van der Waals surface area contributed by atoms with Crippen molar-refractivity contribution in [3.8, 4) is 0 Å². The first-order chi connectivity index (χ1) is 6.25. The van der Waals surface area contributed by atoms with Gasteiger partial charge in [-0.05, 0) is 25.5 Å². The molecule has 1 aromatic rings. The quantitative estimate of drug-likeness (QED) is 0.752. The molecule has 1 heterocycles. The van der Waals surface area contributed by atoms with Crippen LogP contribution in [0.3, 0.4) is 0 Å². The molecule has 1 aromatic heterocycles. The average molecular weight is 220 g/mol. The van der Waals surface area contributed by atoms with Crippen molar-refractivity contribution in [2.75, 3.05) is 6.54 Å². The predicted octanol–water partition coefficient (Wildman–Crippen LogP) is 1.38. The van der Waals surface area contributed by atoms with Crippen LogP contribution in [0.4, 0.5) is 4.39 Å². The van der Waals surface area contributed by atoms with Crippen molar-refractivity contribution >= 4 is 12.4 Å². The molecule has 0 aromatic carbocycles. The SMILES string of the molecule is Cl.NCCC[C@H](N)c1cccnc1F. The van der Waals surface area contributed by atoms with Gasteiger partial charge in [-0.3, -0.25) is 0 Å². The van der Waals surface area contributed by atoms with E-state index in [0.29, 0.717) is 18.5 Å². The van der Waals surface area contributed by atoms with Crippen molar-refractivity contribution in [3.63, 3.8) is 0 Å². The summed E-state index contributed by atoms with van der Waals surface area (Å²) in [6.07, 6.45) is 2.91. The van der Waals surface area contributed by atoms with E-state index in [1.54, 1.807) is 12.1 Å². The van der Waals surface area contributed by atoms with Crippen molar-refractivity contribution in [1.29, 1.82) is 0 Å². The Labute approximate surface area is 89.1 Å². The topological polar surface area (TPSA) is 64.9 Å². The molecule has 0 aliphatic heterocycles. The average Bonchev–Trinajstić information content (AvgIpc) is 2.15. The van der Waals surface area contributed by atoms with Crippen LogP contribution in [0, 0.1) is 5.95 Å². The van der Waals surface area contributed by atoms with Gasteiger partial charge in [0.05, 0.1) is 0 Å². The number of nitrogens with zero attached hydrogens (tertiary/aromatic N) is 1. The second-order valence-electron chi connectivity index (χ2n) is 2.92. The largest absolute Gasteiger partial charge is 0.330 e. The molecule has 0 unspecified atom stereocenters. The minimum absolute atomic E-state index is 0. The number of hydrogen-bond acceptors (Lipinski definition) is 3. The van der Waals surface area contributed by atoms with Crippen LogP contribution >= 0.6 is 12.4 Å². The number of halogens is 2. The summed E-state index contributed by atoms with van der Waals surface area (Å²) in [5, 5.41) is 0. The first kappa shape index (κ1) is 13.3. The van der Waals surface area contributed by atoms with Crippen molar-refractivity contribution < 1.29 is 4.39 Å². The summed E-state index contributed by atoms with van der Waals surface area (Å²) in [5.74, 6) is -0.480. The Morgan fingerprint density at radius 2 is 2.21 bits per heavy atom. The lowest BCUT2D eigenvalue weighted by atomic mass is 10.0. The van der Waals surface area contributed by atoms with Crippen molar-refractivity contribution in [2.24, 2.45) is 11.5 Å². The number of hydrogen-bond donors (Lipinski definition) is 2. The molecule has 5 heteroatoms. The molecule has 0 amide bonds. The summed E-state index contributed by atoms with van der Waals surface area (Å²) >= 11 is 0. The van der Waals surface area contributed by atoms with Gasteiger partial charge in [0.2, 0.25) is 5.95 Å². The number of rotatable bonds is 4. The van der Waals surface area contributed by atoms with E-state index in [1.807, 2.05) is 0 Å². The zero-order valence-electron chi connectivity index (χ0n) is 7.82. The Kier molecular flexibility index (Phi) is 6.36. The fraction of sp³-hybridized carbons (Fsp3) is 0.444. The van der Waals surface area contributed by atoms with Crippen LogP contribution in [0.5, 0.6) is 0 Å². The Morgan fingerprint density at radius 3 is 2.79 bits per heavy atom. The summed E-state index contributed by atoms with van der Waals surface area (Å²) in [6.45, 7) is 0.579. The molecule has 0 aliphatic rings. The van der Waals surface area contributed by atoms with Gasteiger partial charge in [0.25, 0.3) is 0 Å². The Morgan fingerprint density at radius 1 is 1.50 bits per heavy atom. The van der Waals surface area contributed by atoms with E-state index in [2.05, 4.69) is 4.98 Å². The molecular formula is C9H15ClFN3. The van der Waals surface area contributed by atoms with E-state index >= 15 is 0 Å². The van der Waals surface area contributed by atoms with Crippen LogP contribution in [-0.2, 0) is 0 Å². The van der Waals surface area contributed by atoms with Crippen LogP contribution in [0.2, 0.25) is 0 Å². The first-order valence-corrected chi connectivity index (χ1v) is 4.31.